The second-order valence-corrected chi connectivity index (χ2v) is 6.13. The minimum absolute atomic E-state index is 0.0241. The van der Waals surface area contributed by atoms with Gasteiger partial charge in [-0.05, 0) is 65.0 Å². The Morgan fingerprint density at radius 1 is 1.25 bits per heavy atom. The molecule has 1 saturated carbocycles. The van der Waals surface area contributed by atoms with Crippen molar-refractivity contribution in [3.8, 4) is 0 Å². The largest absolute Gasteiger partial charge is 0.460 e. The molecule has 0 bridgehead atoms. The molecule has 1 saturated heterocycles. The van der Waals surface area contributed by atoms with Crippen molar-refractivity contribution in [1.29, 1.82) is 0 Å². The van der Waals surface area contributed by atoms with Gasteiger partial charge in [0.15, 0.2) is 0 Å². The zero-order valence-corrected chi connectivity index (χ0v) is 10.6. The fourth-order valence-electron chi connectivity index (χ4n) is 2.66. The number of piperidine rings is 1. The Hall–Kier alpha value is -0.570. The molecule has 0 aromatic rings. The third-order valence-corrected chi connectivity index (χ3v) is 3.54. The number of carbonyl (C=O) groups excluding carboxylic acids is 1. The molecule has 1 aliphatic heterocycles. The van der Waals surface area contributed by atoms with Gasteiger partial charge in [-0.2, -0.15) is 0 Å². The van der Waals surface area contributed by atoms with Crippen LogP contribution in [0.2, 0.25) is 0 Å². The monoisotopic (exact) mass is 225 g/mol. The van der Waals surface area contributed by atoms with Crippen molar-refractivity contribution < 1.29 is 9.53 Å². The predicted molar refractivity (Wildman–Crippen MR) is 63.0 cm³/mol. The third kappa shape index (κ3) is 2.97. The summed E-state index contributed by atoms with van der Waals surface area (Å²) in [5, 5.41) is 3.36. The molecule has 16 heavy (non-hydrogen) atoms. The SMILES string of the molecule is CC(C)(C)OC(=O)[C@@H]1C[C@H]1C1CCNCC1. The normalized spacial score (nSPS) is 31.2. The molecule has 2 aliphatic rings. The number of hydrogen-bond donors (Lipinski definition) is 1. The number of nitrogens with one attached hydrogen (secondary N) is 1. The average molecular weight is 225 g/mol. The van der Waals surface area contributed by atoms with E-state index in [0.29, 0.717) is 5.92 Å². The number of hydrogen-bond acceptors (Lipinski definition) is 3. The van der Waals surface area contributed by atoms with Crippen LogP contribution < -0.4 is 5.32 Å². The van der Waals surface area contributed by atoms with Gasteiger partial charge >= 0.3 is 5.97 Å². The van der Waals surface area contributed by atoms with Gasteiger partial charge < -0.3 is 10.1 Å². The quantitative estimate of drug-likeness (QED) is 0.730. The fourth-order valence-corrected chi connectivity index (χ4v) is 2.66. The van der Waals surface area contributed by atoms with E-state index in [0.717, 1.165) is 25.4 Å². The summed E-state index contributed by atoms with van der Waals surface area (Å²) < 4.78 is 5.43. The van der Waals surface area contributed by atoms with Crippen LogP contribution in [0.1, 0.15) is 40.0 Å². The van der Waals surface area contributed by atoms with Crippen molar-refractivity contribution in [2.24, 2.45) is 17.8 Å². The summed E-state index contributed by atoms with van der Waals surface area (Å²) in [7, 11) is 0. The lowest BCUT2D eigenvalue weighted by Gasteiger charge is -2.23. The molecule has 92 valence electrons. The van der Waals surface area contributed by atoms with Crippen molar-refractivity contribution in [1.82, 2.24) is 5.32 Å². The van der Waals surface area contributed by atoms with Crippen LogP contribution in [0.4, 0.5) is 0 Å². The maximum absolute atomic E-state index is 11.8. The van der Waals surface area contributed by atoms with Crippen LogP contribution >= 0.6 is 0 Å². The topological polar surface area (TPSA) is 38.3 Å². The smallest absolute Gasteiger partial charge is 0.309 e. The van der Waals surface area contributed by atoms with Gasteiger partial charge in [-0.3, -0.25) is 4.79 Å². The Balaban J connectivity index is 1.79. The highest BCUT2D eigenvalue weighted by molar-refractivity contribution is 5.76. The van der Waals surface area contributed by atoms with E-state index < -0.39 is 0 Å². The standard InChI is InChI=1S/C13H23NO2/c1-13(2,3)16-12(15)11-8-10(11)9-4-6-14-7-5-9/h9-11,14H,4-8H2,1-3H3/t10-,11+/m0/s1. The summed E-state index contributed by atoms with van der Waals surface area (Å²) in [6, 6.07) is 0. The molecular weight excluding hydrogens is 202 g/mol. The Kier molecular flexibility index (Phi) is 3.24. The van der Waals surface area contributed by atoms with Gasteiger partial charge in [0, 0.05) is 0 Å². The zero-order valence-electron chi connectivity index (χ0n) is 10.6. The minimum atomic E-state index is -0.335. The average Bonchev–Trinajstić information content (AvgIpc) is 2.96. The van der Waals surface area contributed by atoms with Crippen LogP contribution in [-0.4, -0.2) is 24.7 Å². The van der Waals surface area contributed by atoms with Crippen LogP contribution in [0.5, 0.6) is 0 Å². The van der Waals surface area contributed by atoms with Crippen LogP contribution in [0.3, 0.4) is 0 Å². The van der Waals surface area contributed by atoms with Gasteiger partial charge in [-0.25, -0.2) is 0 Å². The van der Waals surface area contributed by atoms with Gasteiger partial charge in [-0.1, -0.05) is 0 Å². The third-order valence-electron chi connectivity index (χ3n) is 3.54. The molecule has 0 aromatic heterocycles. The van der Waals surface area contributed by atoms with E-state index in [9.17, 15) is 4.79 Å². The van der Waals surface area contributed by atoms with Crippen LogP contribution in [0, 0.1) is 17.8 Å². The van der Waals surface area contributed by atoms with E-state index in [1.165, 1.54) is 12.8 Å². The van der Waals surface area contributed by atoms with Crippen molar-refractivity contribution in [3.63, 3.8) is 0 Å². The Bertz CT molecular complexity index is 264. The highest BCUT2D eigenvalue weighted by Crippen LogP contribution is 2.48. The van der Waals surface area contributed by atoms with E-state index in [1.54, 1.807) is 0 Å². The van der Waals surface area contributed by atoms with Gasteiger partial charge in [0.05, 0.1) is 5.92 Å². The van der Waals surface area contributed by atoms with Crippen LogP contribution in [0.15, 0.2) is 0 Å². The molecule has 1 aliphatic carbocycles. The lowest BCUT2D eigenvalue weighted by Crippen LogP contribution is -2.30. The van der Waals surface area contributed by atoms with Gasteiger partial charge in [0.25, 0.3) is 0 Å². The van der Waals surface area contributed by atoms with Crippen molar-refractivity contribution in [3.05, 3.63) is 0 Å². The number of carbonyl (C=O) groups is 1. The summed E-state index contributed by atoms with van der Waals surface area (Å²) in [4.78, 5) is 11.8. The highest BCUT2D eigenvalue weighted by atomic mass is 16.6. The van der Waals surface area contributed by atoms with E-state index in [1.807, 2.05) is 20.8 Å². The fraction of sp³-hybridized carbons (Fsp3) is 0.923. The molecule has 2 rings (SSSR count). The van der Waals surface area contributed by atoms with E-state index in [2.05, 4.69) is 5.32 Å². The first-order chi connectivity index (χ1) is 7.47. The number of ether oxygens (including phenoxy) is 1. The predicted octanol–water partition coefficient (Wildman–Crippen LogP) is 1.96. The maximum Gasteiger partial charge on any atom is 0.309 e. The molecule has 0 amide bonds. The van der Waals surface area contributed by atoms with E-state index in [4.69, 9.17) is 4.74 Å². The van der Waals surface area contributed by atoms with Gasteiger partial charge in [0.2, 0.25) is 0 Å². The lowest BCUT2D eigenvalue weighted by molar-refractivity contribution is -0.157. The molecular formula is C13H23NO2. The van der Waals surface area contributed by atoms with E-state index in [-0.39, 0.29) is 17.5 Å². The lowest BCUT2D eigenvalue weighted by atomic mass is 9.92. The molecule has 0 radical (unpaired) electrons. The molecule has 2 fully saturated rings. The Labute approximate surface area is 97.9 Å². The summed E-state index contributed by atoms with van der Waals surface area (Å²) in [6.07, 6.45) is 3.51. The first-order valence-corrected chi connectivity index (χ1v) is 6.41. The number of rotatable bonds is 2. The Morgan fingerprint density at radius 3 is 2.44 bits per heavy atom. The molecule has 0 spiro atoms. The summed E-state index contributed by atoms with van der Waals surface area (Å²) in [5.41, 5.74) is -0.335. The maximum atomic E-state index is 11.8. The first kappa shape index (κ1) is 11.9. The molecule has 1 heterocycles. The molecule has 3 nitrogen and oxygen atoms in total. The van der Waals surface area contributed by atoms with Crippen LogP contribution in [-0.2, 0) is 9.53 Å². The minimum Gasteiger partial charge on any atom is -0.460 e. The van der Waals surface area contributed by atoms with Crippen molar-refractivity contribution in [2.75, 3.05) is 13.1 Å². The number of esters is 1. The zero-order chi connectivity index (χ0) is 11.8. The molecule has 0 aromatic carbocycles. The Morgan fingerprint density at radius 2 is 1.88 bits per heavy atom. The first-order valence-electron chi connectivity index (χ1n) is 6.41. The van der Waals surface area contributed by atoms with Gasteiger partial charge in [-0.15, -0.1) is 0 Å². The summed E-state index contributed by atoms with van der Waals surface area (Å²) in [6.45, 7) is 8.04. The van der Waals surface area contributed by atoms with Crippen molar-refractivity contribution >= 4 is 5.97 Å². The molecule has 0 unspecified atom stereocenters. The van der Waals surface area contributed by atoms with Crippen molar-refractivity contribution in [2.45, 2.75) is 45.6 Å². The van der Waals surface area contributed by atoms with E-state index >= 15 is 0 Å². The summed E-state index contributed by atoms with van der Waals surface area (Å²) >= 11 is 0. The second kappa shape index (κ2) is 4.36. The molecule has 2 atom stereocenters. The molecule has 1 N–H and O–H groups in total. The second-order valence-electron chi connectivity index (χ2n) is 6.13. The highest BCUT2D eigenvalue weighted by Gasteiger charge is 2.49. The molecule has 3 heteroatoms. The van der Waals surface area contributed by atoms with Crippen LogP contribution in [0.25, 0.3) is 0 Å². The van der Waals surface area contributed by atoms with Gasteiger partial charge in [0.1, 0.15) is 5.60 Å². The summed E-state index contributed by atoms with van der Waals surface area (Å²) in [5.74, 6) is 1.58.